The number of halogens is 1. The Kier molecular flexibility index (Phi) is 5.84. The van der Waals surface area contributed by atoms with Gasteiger partial charge in [-0.1, -0.05) is 40.8 Å². The smallest absolute Gasteiger partial charge is 0.234 e. The van der Waals surface area contributed by atoms with Crippen molar-refractivity contribution in [2.75, 3.05) is 22.9 Å². The van der Waals surface area contributed by atoms with Crippen LogP contribution in [0.4, 0.5) is 10.8 Å². The van der Waals surface area contributed by atoms with Gasteiger partial charge in [0.15, 0.2) is 4.34 Å². The minimum atomic E-state index is -0.0971. The number of thioether (sulfide) groups is 1. The Labute approximate surface area is 136 Å². The number of nitrogens with zero attached hydrogens (tertiary/aromatic N) is 2. The molecular formula is C13H15ClN4OS2. The van der Waals surface area contributed by atoms with E-state index in [0.717, 1.165) is 21.6 Å². The molecule has 2 aromatic rings. The molecule has 0 unspecified atom stereocenters. The molecular weight excluding hydrogens is 328 g/mol. The van der Waals surface area contributed by atoms with Crippen molar-refractivity contribution < 1.29 is 4.79 Å². The molecule has 112 valence electrons. The van der Waals surface area contributed by atoms with Gasteiger partial charge in [0.25, 0.3) is 0 Å². The van der Waals surface area contributed by atoms with E-state index in [1.807, 2.05) is 26.0 Å². The van der Waals surface area contributed by atoms with Crippen molar-refractivity contribution in [3.63, 3.8) is 0 Å². The zero-order chi connectivity index (χ0) is 15.2. The van der Waals surface area contributed by atoms with E-state index in [0.29, 0.717) is 10.7 Å². The molecule has 1 amide bonds. The van der Waals surface area contributed by atoms with Crippen LogP contribution in [0.15, 0.2) is 22.5 Å². The fourth-order valence-electron chi connectivity index (χ4n) is 1.49. The molecule has 0 fully saturated rings. The number of hydrogen-bond acceptors (Lipinski definition) is 6. The molecule has 2 rings (SSSR count). The molecule has 0 spiro atoms. The molecule has 1 heterocycles. The summed E-state index contributed by atoms with van der Waals surface area (Å²) < 4.78 is 0.767. The van der Waals surface area contributed by atoms with Crippen LogP contribution in [0.25, 0.3) is 0 Å². The first-order valence-electron chi connectivity index (χ1n) is 6.34. The van der Waals surface area contributed by atoms with Crippen LogP contribution in [0.2, 0.25) is 5.02 Å². The summed E-state index contributed by atoms with van der Waals surface area (Å²) in [4.78, 5) is 11.9. The highest BCUT2D eigenvalue weighted by atomic mass is 35.5. The van der Waals surface area contributed by atoms with Crippen LogP contribution in [0.3, 0.4) is 0 Å². The number of carbonyl (C=O) groups is 1. The molecule has 1 aromatic heterocycles. The summed E-state index contributed by atoms with van der Waals surface area (Å²) in [6.07, 6.45) is 0. The van der Waals surface area contributed by atoms with Gasteiger partial charge in [-0.3, -0.25) is 4.79 Å². The minimum absolute atomic E-state index is 0.0971. The van der Waals surface area contributed by atoms with E-state index in [4.69, 9.17) is 11.6 Å². The van der Waals surface area contributed by atoms with Crippen LogP contribution in [0.5, 0.6) is 0 Å². The van der Waals surface area contributed by atoms with E-state index in [1.54, 1.807) is 6.07 Å². The maximum atomic E-state index is 11.9. The van der Waals surface area contributed by atoms with Crippen molar-refractivity contribution >= 4 is 51.4 Å². The zero-order valence-corrected chi connectivity index (χ0v) is 14.0. The average Bonchev–Trinajstić information content (AvgIpc) is 2.89. The number of benzene rings is 1. The van der Waals surface area contributed by atoms with E-state index in [-0.39, 0.29) is 11.7 Å². The van der Waals surface area contributed by atoms with Gasteiger partial charge in [-0.15, -0.1) is 10.2 Å². The van der Waals surface area contributed by atoms with E-state index in [9.17, 15) is 4.79 Å². The second-order valence-corrected chi connectivity index (χ2v) is 6.81. The fourth-order valence-corrected chi connectivity index (χ4v) is 3.29. The summed E-state index contributed by atoms with van der Waals surface area (Å²) in [5.74, 6) is 0.187. The van der Waals surface area contributed by atoms with Gasteiger partial charge in [0.05, 0.1) is 5.75 Å². The molecule has 0 saturated carbocycles. The molecule has 0 radical (unpaired) electrons. The highest BCUT2D eigenvalue weighted by Crippen LogP contribution is 2.25. The zero-order valence-electron chi connectivity index (χ0n) is 11.6. The lowest BCUT2D eigenvalue weighted by molar-refractivity contribution is -0.113. The summed E-state index contributed by atoms with van der Waals surface area (Å²) >= 11 is 8.82. The van der Waals surface area contributed by atoms with Gasteiger partial charge in [-0.25, -0.2) is 0 Å². The topological polar surface area (TPSA) is 66.9 Å². The predicted molar refractivity (Wildman–Crippen MR) is 89.6 cm³/mol. The predicted octanol–water partition coefficient (Wildman–Crippen LogP) is 3.66. The van der Waals surface area contributed by atoms with Crippen LogP contribution in [-0.2, 0) is 4.79 Å². The van der Waals surface area contributed by atoms with Gasteiger partial charge in [-0.2, -0.15) is 0 Å². The van der Waals surface area contributed by atoms with Gasteiger partial charge in [-0.05, 0) is 31.5 Å². The van der Waals surface area contributed by atoms with Gasteiger partial charge < -0.3 is 10.6 Å². The Hall–Kier alpha value is -1.31. The lowest BCUT2D eigenvalue weighted by atomic mass is 10.2. The van der Waals surface area contributed by atoms with Crippen LogP contribution >= 0.6 is 34.7 Å². The quantitative estimate of drug-likeness (QED) is 0.784. The number of anilines is 2. The number of rotatable bonds is 6. The standard InChI is InChI=1S/C13H15ClN4OS2/c1-3-15-12-17-18-13(21-12)20-7-11(19)16-9-5-4-8(2)10(14)6-9/h4-6H,3,7H2,1-2H3,(H,15,17)(H,16,19). The number of carbonyl (C=O) groups excluding carboxylic acids is 1. The maximum Gasteiger partial charge on any atom is 0.234 e. The second-order valence-electron chi connectivity index (χ2n) is 4.20. The fraction of sp³-hybridized carbons (Fsp3) is 0.308. The van der Waals surface area contributed by atoms with Gasteiger partial charge in [0, 0.05) is 17.3 Å². The van der Waals surface area contributed by atoms with Crippen molar-refractivity contribution in [2.24, 2.45) is 0 Å². The molecule has 8 heteroatoms. The number of hydrogen-bond donors (Lipinski definition) is 2. The molecule has 1 aromatic carbocycles. The van der Waals surface area contributed by atoms with E-state index < -0.39 is 0 Å². The first kappa shape index (κ1) is 16.1. The molecule has 0 aliphatic rings. The lowest BCUT2D eigenvalue weighted by Crippen LogP contribution is -2.13. The first-order valence-corrected chi connectivity index (χ1v) is 8.52. The Balaban J connectivity index is 1.85. The number of nitrogens with one attached hydrogen (secondary N) is 2. The minimum Gasteiger partial charge on any atom is -0.360 e. The Morgan fingerprint density at radius 3 is 2.95 bits per heavy atom. The Morgan fingerprint density at radius 1 is 1.43 bits per heavy atom. The summed E-state index contributed by atoms with van der Waals surface area (Å²) in [7, 11) is 0. The third kappa shape index (κ3) is 4.87. The third-order valence-electron chi connectivity index (χ3n) is 2.52. The molecule has 0 aliphatic heterocycles. The van der Waals surface area contributed by atoms with E-state index in [2.05, 4.69) is 20.8 Å². The molecule has 2 N–H and O–H groups in total. The van der Waals surface area contributed by atoms with Crippen molar-refractivity contribution in [2.45, 2.75) is 18.2 Å². The number of amides is 1. The van der Waals surface area contributed by atoms with Crippen molar-refractivity contribution in [1.82, 2.24) is 10.2 Å². The van der Waals surface area contributed by atoms with Crippen molar-refractivity contribution in [1.29, 1.82) is 0 Å². The number of aryl methyl sites for hydroxylation is 1. The van der Waals surface area contributed by atoms with Gasteiger partial charge >= 0.3 is 0 Å². The summed E-state index contributed by atoms with van der Waals surface area (Å²) in [6.45, 7) is 4.71. The van der Waals surface area contributed by atoms with Crippen LogP contribution < -0.4 is 10.6 Å². The maximum absolute atomic E-state index is 11.9. The summed E-state index contributed by atoms with van der Waals surface area (Å²) in [5.41, 5.74) is 1.68. The largest absolute Gasteiger partial charge is 0.360 e. The van der Waals surface area contributed by atoms with Crippen LogP contribution in [0, 0.1) is 6.92 Å². The highest BCUT2D eigenvalue weighted by Gasteiger charge is 2.08. The van der Waals surface area contributed by atoms with Crippen LogP contribution in [-0.4, -0.2) is 28.4 Å². The second kappa shape index (κ2) is 7.63. The monoisotopic (exact) mass is 342 g/mol. The molecule has 0 aliphatic carbocycles. The summed E-state index contributed by atoms with van der Waals surface area (Å²) in [6, 6.07) is 5.45. The van der Waals surface area contributed by atoms with E-state index in [1.165, 1.54) is 23.1 Å². The molecule has 21 heavy (non-hydrogen) atoms. The SMILES string of the molecule is CCNc1nnc(SCC(=O)Nc2ccc(C)c(Cl)c2)s1. The highest BCUT2D eigenvalue weighted by molar-refractivity contribution is 8.01. The average molecular weight is 343 g/mol. The molecule has 0 atom stereocenters. The third-order valence-corrected chi connectivity index (χ3v) is 4.94. The lowest BCUT2D eigenvalue weighted by Gasteiger charge is -2.05. The Morgan fingerprint density at radius 2 is 2.24 bits per heavy atom. The van der Waals surface area contributed by atoms with Gasteiger partial charge in [0.2, 0.25) is 11.0 Å². The molecule has 5 nitrogen and oxygen atoms in total. The van der Waals surface area contributed by atoms with Crippen LogP contribution in [0.1, 0.15) is 12.5 Å². The molecule has 0 saturated heterocycles. The molecule has 0 bridgehead atoms. The van der Waals surface area contributed by atoms with Crippen molar-refractivity contribution in [3.05, 3.63) is 28.8 Å². The van der Waals surface area contributed by atoms with Crippen molar-refractivity contribution in [3.8, 4) is 0 Å². The Bertz CT molecular complexity index is 632. The number of aromatic nitrogens is 2. The normalized spacial score (nSPS) is 10.4. The van der Waals surface area contributed by atoms with Gasteiger partial charge in [0.1, 0.15) is 0 Å². The first-order chi connectivity index (χ1) is 10.1. The summed E-state index contributed by atoms with van der Waals surface area (Å²) in [5, 5.41) is 15.3. The van der Waals surface area contributed by atoms with E-state index >= 15 is 0 Å².